The summed E-state index contributed by atoms with van der Waals surface area (Å²) in [5, 5.41) is 0. The van der Waals surface area contributed by atoms with E-state index in [1.54, 1.807) is 14.1 Å². The highest BCUT2D eigenvalue weighted by Gasteiger charge is 2.25. The zero-order valence-corrected chi connectivity index (χ0v) is 18.3. The SMILES string of the molecule is CN(CCOC(=O)/C=C/C(=O)OCCN(C)C(=O)C(C)(C)C)C(=O)C(C)(C)C. The third-order valence-electron chi connectivity index (χ3n) is 3.67. The summed E-state index contributed by atoms with van der Waals surface area (Å²) in [7, 11) is 3.27. The van der Waals surface area contributed by atoms with Crippen molar-refractivity contribution in [2.75, 3.05) is 40.4 Å². The standard InChI is InChI=1S/C20H34N2O6/c1-19(2,3)17(25)21(7)11-13-27-15(23)9-10-16(24)28-14-12-22(8)18(26)20(4,5)6/h9-10H,11-14H2,1-8H3/b10-9+. The average molecular weight is 399 g/mol. The second kappa shape index (κ2) is 10.8. The van der Waals surface area contributed by atoms with Gasteiger partial charge in [-0.05, 0) is 0 Å². The molecule has 0 rings (SSSR count). The lowest BCUT2D eigenvalue weighted by Crippen LogP contribution is -2.38. The molecule has 0 spiro atoms. The molecule has 0 heterocycles. The summed E-state index contributed by atoms with van der Waals surface area (Å²) in [5.74, 6) is -1.52. The van der Waals surface area contributed by atoms with Gasteiger partial charge < -0.3 is 19.3 Å². The Labute approximate surface area is 167 Å². The average Bonchev–Trinajstić information content (AvgIpc) is 2.56. The molecular weight excluding hydrogens is 364 g/mol. The van der Waals surface area contributed by atoms with Crippen LogP contribution in [0.3, 0.4) is 0 Å². The van der Waals surface area contributed by atoms with Crippen molar-refractivity contribution in [3.05, 3.63) is 12.2 Å². The van der Waals surface area contributed by atoms with Crippen LogP contribution in [0.1, 0.15) is 41.5 Å². The summed E-state index contributed by atoms with van der Waals surface area (Å²) in [6.07, 6.45) is 1.94. The van der Waals surface area contributed by atoms with E-state index in [1.807, 2.05) is 41.5 Å². The summed E-state index contributed by atoms with van der Waals surface area (Å²) < 4.78 is 9.91. The van der Waals surface area contributed by atoms with Crippen molar-refractivity contribution >= 4 is 23.8 Å². The Morgan fingerprint density at radius 1 is 0.679 bits per heavy atom. The predicted octanol–water partition coefficient (Wildman–Crippen LogP) is 1.64. The Morgan fingerprint density at radius 2 is 0.964 bits per heavy atom. The van der Waals surface area contributed by atoms with Crippen LogP contribution < -0.4 is 0 Å². The quantitative estimate of drug-likeness (QED) is 0.456. The van der Waals surface area contributed by atoms with Crippen LogP contribution in [0.2, 0.25) is 0 Å². The minimum Gasteiger partial charge on any atom is -0.461 e. The molecule has 0 aromatic carbocycles. The first-order valence-electron chi connectivity index (χ1n) is 9.19. The maximum Gasteiger partial charge on any atom is 0.331 e. The van der Waals surface area contributed by atoms with E-state index in [2.05, 4.69) is 0 Å². The summed E-state index contributed by atoms with van der Waals surface area (Å²) >= 11 is 0. The third-order valence-corrected chi connectivity index (χ3v) is 3.67. The minimum atomic E-state index is -0.700. The fourth-order valence-electron chi connectivity index (χ4n) is 2.15. The lowest BCUT2D eigenvalue weighted by molar-refractivity contribution is -0.144. The number of hydrogen-bond acceptors (Lipinski definition) is 6. The van der Waals surface area contributed by atoms with E-state index in [1.165, 1.54) is 9.80 Å². The van der Waals surface area contributed by atoms with E-state index < -0.39 is 22.8 Å². The number of amides is 2. The first-order chi connectivity index (χ1) is 12.7. The molecular formula is C20H34N2O6. The van der Waals surface area contributed by atoms with Crippen molar-refractivity contribution in [3.63, 3.8) is 0 Å². The Balaban J connectivity index is 4.17. The van der Waals surface area contributed by atoms with Crippen LogP contribution >= 0.6 is 0 Å². The van der Waals surface area contributed by atoms with Gasteiger partial charge in [0, 0.05) is 37.1 Å². The van der Waals surface area contributed by atoms with Crippen molar-refractivity contribution in [2.24, 2.45) is 10.8 Å². The van der Waals surface area contributed by atoms with Gasteiger partial charge in [-0.1, -0.05) is 41.5 Å². The molecule has 8 nitrogen and oxygen atoms in total. The van der Waals surface area contributed by atoms with Gasteiger partial charge in [0.05, 0.1) is 13.1 Å². The Bertz CT molecular complexity index is 547. The monoisotopic (exact) mass is 398 g/mol. The second-order valence-corrected chi connectivity index (χ2v) is 8.62. The van der Waals surface area contributed by atoms with Crippen LogP contribution in [0.4, 0.5) is 0 Å². The van der Waals surface area contributed by atoms with E-state index in [0.29, 0.717) is 0 Å². The number of carbonyl (C=O) groups is 4. The van der Waals surface area contributed by atoms with Crippen molar-refractivity contribution in [1.29, 1.82) is 0 Å². The van der Waals surface area contributed by atoms with Gasteiger partial charge in [-0.2, -0.15) is 0 Å². The summed E-state index contributed by atoms with van der Waals surface area (Å²) in [4.78, 5) is 50.2. The molecule has 160 valence electrons. The predicted molar refractivity (Wildman–Crippen MR) is 105 cm³/mol. The lowest BCUT2D eigenvalue weighted by Gasteiger charge is -2.25. The summed E-state index contributed by atoms with van der Waals surface area (Å²) in [6.45, 7) is 11.4. The fraction of sp³-hybridized carbons (Fsp3) is 0.700. The largest absolute Gasteiger partial charge is 0.461 e. The molecule has 0 atom stereocenters. The van der Waals surface area contributed by atoms with Crippen LogP contribution in [0.15, 0.2) is 12.2 Å². The number of nitrogens with zero attached hydrogens (tertiary/aromatic N) is 2. The Kier molecular flexibility index (Phi) is 9.91. The van der Waals surface area contributed by atoms with E-state index in [4.69, 9.17) is 9.47 Å². The highest BCUT2D eigenvalue weighted by atomic mass is 16.5. The smallest absolute Gasteiger partial charge is 0.331 e. The van der Waals surface area contributed by atoms with Crippen molar-refractivity contribution < 1.29 is 28.7 Å². The van der Waals surface area contributed by atoms with Crippen molar-refractivity contribution in [3.8, 4) is 0 Å². The highest BCUT2D eigenvalue weighted by molar-refractivity contribution is 5.91. The number of ether oxygens (including phenoxy) is 2. The maximum absolute atomic E-state index is 12.0. The van der Waals surface area contributed by atoms with Gasteiger partial charge in [-0.3, -0.25) is 9.59 Å². The third kappa shape index (κ3) is 10.1. The molecule has 8 heteroatoms. The first-order valence-corrected chi connectivity index (χ1v) is 9.19. The van der Waals surface area contributed by atoms with Crippen LogP contribution in [-0.2, 0) is 28.7 Å². The lowest BCUT2D eigenvalue weighted by atomic mass is 9.95. The van der Waals surface area contributed by atoms with Gasteiger partial charge in [0.2, 0.25) is 11.8 Å². The molecule has 0 radical (unpaired) electrons. The summed E-state index contributed by atoms with van der Waals surface area (Å²) in [5.41, 5.74) is -1.01. The molecule has 0 aliphatic heterocycles. The molecule has 0 saturated carbocycles. The van der Waals surface area contributed by atoms with Crippen molar-refractivity contribution in [1.82, 2.24) is 9.80 Å². The fourth-order valence-corrected chi connectivity index (χ4v) is 2.15. The topological polar surface area (TPSA) is 93.2 Å². The summed E-state index contributed by atoms with van der Waals surface area (Å²) in [6, 6.07) is 0. The van der Waals surface area contributed by atoms with Crippen LogP contribution in [0, 0.1) is 10.8 Å². The zero-order chi connectivity index (χ0) is 22.1. The van der Waals surface area contributed by atoms with Gasteiger partial charge in [-0.25, -0.2) is 9.59 Å². The first kappa shape index (κ1) is 25.6. The van der Waals surface area contributed by atoms with Gasteiger partial charge in [0.15, 0.2) is 0 Å². The second-order valence-electron chi connectivity index (χ2n) is 8.62. The van der Waals surface area contributed by atoms with Gasteiger partial charge >= 0.3 is 11.9 Å². The van der Waals surface area contributed by atoms with E-state index in [9.17, 15) is 19.2 Å². The maximum atomic E-state index is 12.0. The van der Waals surface area contributed by atoms with Crippen molar-refractivity contribution in [2.45, 2.75) is 41.5 Å². The van der Waals surface area contributed by atoms with E-state index >= 15 is 0 Å². The molecule has 0 N–H and O–H groups in total. The zero-order valence-electron chi connectivity index (χ0n) is 18.3. The number of likely N-dealkylation sites (N-methyl/N-ethyl adjacent to an activating group) is 2. The van der Waals surface area contributed by atoms with Gasteiger partial charge in [-0.15, -0.1) is 0 Å². The van der Waals surface area contributed by atoms with Crippen LogP contribution in [0.5, 0.6) is 0 Å². The number of hydrogen-bond donors (Lipinski definition) is 0. The molecule has 0 aliphatic carbocycles. The molecule has 28 heavy (non-hydrogen) atoms. The van der Waals surface area contributed by atoms with Gasteiger partial charge in [0.25, 0.3) is 0 Å². The van der Waals surface area contributed by atoms with E-state index in [-0.39, 0.29) is 38.1 Å². The molecule has 0 aromatic rings. The van der Waals surface area contributed by atoms with E-state index in [0.717, 1.165) is 12.2 Å². The molecule has 2 amide bonds. The molecule has 0 saturated heterocycles. The minimum absolute atomic E-state index is 0.0241. The van der Waals surface area contributed by atoms with Gasteiger partial charge in [0.1, 0.15) is 13.2 Å². The highest BCUT2D eigenvalue weighted by Crippen LogP contribution is 2.16. The number of esters is 2. The molecule has 0 aromatic heterocycles. The number of rotatable bonds is 8. The Hall–Kier alpha value is -2.38. The van der Waals surface area contributed by atoms with Crippen LogP contribution in [-0.4, -0.2) is 74.0 Å². The molecule has 0 unspecified atom stereocenters. The normalized spacial score (nSPS) is 11.9. The molecule has 0 aliphatic rings. The Morgan fingerprint density at radius 3 is 1.21 bits per heavy atom. The molecule has 0 fully saturated rings. The van der Waals surface area contributed by atoms with Crippen LogP contribution in [0.25, 0.3) is 0 Å². The number of carbonyl (C=O) groups excluding carboxylic acids is 4. The molecule has 0 bridgehead atoms.